The lowest BCUT2D eigenvalue weighted by Crippen LogP contribution is -2.15. The van der Waals surface area contributed by atoms with Gasteiger partial charge in [0, 0.05) is 47.8 Å². The number of pyridine rings is 1. The number of fused-ring (bicyclic) bond motifs is 1. The maximum Gasteiger partial charge on any atom is 0.221 e. The number of nitrogens with one attached hydrogen (secondary N) is 1. The predicted molar refractivity (Wildman–Crippen MR) is 133 cm³/mol. The molecule has 2 aromatic carbocycles. The minimum absolute atomic E-state index is 0.0645. The van der Waals surface area contributed by atoms with Crippen LogP contribution in [0.5, 0.6) is 11.5 Å². The van der Waals surface area contributed by atoms with Crippen LogP contribution in [0.4, 0.5) is 11.4 Å². The molecular weight excluding hydrogens is 430 g/mol. The van der Waals surface area contributed by atoms with Gasteiger partial charge in [-0.15, -0.1) is 0 Å². The number of nitrogens with zero attached hydrogens (tertiary/aromatic N) is 3. The van der Waals surface area contributed by atoms with Crippen molar-refractivity contribution in [3.63, 3.8) is 0 Å². The molecule has 0 spiro atoms. The summed E-state index contributed by atoms with van der Waals surface area (Å²) < 4.78 is 13.1. The van der Waals surface area contributed by atoms with Gasteiger partial charge in [0.1, 0.15) is 5.82 Å². The second-order valence-corrected chi connectivity index (χ2v) is 8.05. The molecule has 0 saturated carbocycles. The third-order valence-electron chi connectivity index (χ3n) is 5.97. The number of amides is 1. The summed E-state index contributed by atoms with van der Waals surface area (Å²) in [6.07, 6.45) is 6.37. The number of hydrogen-bond acceptors (Lipinski definition) is 6. The van der Waals surface area contributed by atoms with Crippen LogP contribution in [-0.4, -0.2) is 34.7 Å². The molecule has 2 heterocycles. The van der Waals surface area contributed by atoms with Crippen LogP contribution in [0, 0.1) is 6.92 Å². The smallest absolute Gasteiger partial charge is 0.221 e. The average molecular weight is 460 g/mol. The first-order chi connectivity index (χ1) is 16.4. The molecule has 0 bridgehead atoms. The van der Waals surface area contributed by atoms with Crippen LogP contribution in [0.25, 0.3) is 10.9 Å². The van der Waals surface area contributed by atoms with Crippen molar-refractivity contribution in [2.75, 3.05) is 19.5 Å². The minimum atomic E-state index is -0.426. The molecule has 0 aliphatic rings. The Hall–Kier alpha value is -4.07. The summed E-state index contributed by atoms with van der Waals surface area (Å²) in [6, 6.07) is 9.91. The number of hydrogen-bond donors (Lipinski definition) is 2. The molecule has 3 N–H and O–H groups in total. The second kappa shape index (κ2) is 9.82. The standard InChI is InChI=1S/C26H29N5O3/c1-5-19-17(15-31-10-9-28-16(31)2)7-6-8-21(19)30-26-18(11-25(27)32)14-29-22-13-24(34-4)23(33-3)12-20(22)26/h6-10,12-14H,5,11,15H2,1-4H3,(H2,27,32)(H,29,30). The molecular formula is C26H29N5O3. The molecule has 176 valence electrons. The van der Waals surface area contributed by atoms with E-state index in [1.807, 2.05) is 43.6 Å². The molecule has 8 nitrogen and oxygen atoms in total. The number of nitrogens with two attached hydrogens (primary N) is 1. The highest BCUT2D eigenvalue weighted by atomic mass is 16.5. The highest BCUT2D eigenvalue weighted by Gasteiger charge is 2.17. The van der Waals surface area contributed by atoms with Gasteiger partial charge in [-0.3, -0.25) is 9.78 Å². The van der Waals surface area contributed by atoms with Crippen LogP contribution in [0.3, 0.4) is 0 Å². The Balaban J connectivity index is 1.85. The molecule has 1 amide bonds. The molecule has 0 radical (unpaired) electrons. The van der Waals surface area contributed by atoms with Gasteiger partial charge in [-0.2, -0.15) is 0 Å². The number of primary amides is 1. The SMILES string of the molecule is CCc1c(Cn2ccnc2C)cccc1Nc1c(CC(N)=O)cnc2cc(OC)c(OC)cc12. The minimum Gasteiger partial charge on any atom is -0.493 e. The Bertz CT molecular complexity index is 1350. The summed E-state index contributed by atoms with van der Waals surface area (Å²) in [4.78, 5) is 20.7. The lowest BCUT2D eigenvalue weighted by atomic mass is 10.0. The zero-order valence-corrected chi connectivity index (χ0v) is 19.9. The molecule has 0 saturated heterocycles. The van der Waals surface area contributed by atoms with Gasteiger partial charge in [0.15, 0.2) is 11.5 Å². The van der Waals surface area contributed by atoms with Crippen LogP contribution in [0.2, 0.25) is 0 Å². The van der Waals surface area contributed by atoms with Crippen molar-refractivity contribution in [2.45, 2.75) is 33.2 Å². The van der Waals surface area contributed by atoms with E-state index in [9.17, 15) is 4.79 Å². The van der Waals surface area contributed by atoms with Gasteiger partial charge in [-0.25, -0.2) is 4.98 Å². The molecule has 4 rings (SSSR count). The molecule has 0 aliphatic heterocycles. The summed E-state index contributed by atoms with van der Waals surface area (Å²) in [6.45, 7) is 4.85. The first-order valence-corrected chi connectivity index (χ1v) is 11.1. The Labute approximate surface area is 198 Å². The zero-order chi connectivity index (χ0) is 24.2. The second-order valence-electron chi connectivity index (χ2n) is 8.05. The van der Waals surface area contributed by atoms with Gasteiger partial charge in [0.25, 0.3) is 0 Å². The fourth-order valence-corrected chi connectivity index (χ4v) is 4.24. The first kappa shape index (κ1) is 23.1. The maximum atomic E-state index is 11.8. The normalized spacial score (nSPS) is 10.9. The van der Waals surface area contributed by atoms with Gasteiger partial charge in [-0.1, -0.05) is 19.1 Å². The zero-order valence-electron chi connectivity index (χ0n) is 19.9. The van der Waals surface area contributed by atoms with Gasteiger partial charge in [0.2, 0.25) is 5.91 Å². The molecule has 4 aromatic rings. The number of anilines is 2. The van der Waals surface area contributed by atoms with Crippen LogP contribution >= 0.6 is 0 Å². The number of ether oxygens (including phenoxy) is 2. The number of aryl methyl sites for hydroxylation is 1. The molecule has 0 atom stereocenters. The fourth-order valence-electron chi connectivity index (χ4n) is 4.24. The van der Waals surface area contributed by atoms with E-state index in [2.05, 4.69) is 32.8 Å². The Morgan fingerprint density at radius 1 is 1.12 bits per heavy atom. The highest BCUT2D eigenvalue weighted by Crippen LogP contribution is 2.38. The average Bonchev–Trinajstić information content (AvgIpc) is 3.23. The Morgan fingerprint density at radius 2 is 1.88 bits per heavy atom. The number of rotatable bonds is 9. The molecule has 2 aromatic heterocycles. The van der Waals surface area contributed by atoms with Crippen molar-refractivity contribution in [3.05, 3.63) is 71.4 Å². The van der Waals surface area contributed by atoms with Crippen molar-refractivity contribution >= 4 is 28.2 Å². The summed E-state index contributed by atoms with van der Waals surface area (Å²) in [5, 5.41) is 4.41. The van der Waals surface area contributed by atoms with Crippen molar-refractivity contribution in [2.24, 2.45) is 5.73 Å². The number of aromatic nitrogens is 3. The molecule has 34 heavy (non-hydrogen) atoms. The van der Waals surface area contributed by atoms with E-state index in [1.165, 1.54) is 11.1 Å². The summed E-state index contributed by atoms with van der Waals surface area (Å²) in [5.74, 6) is 1.70. The molecule has 0 aliphatic carbocycles. The van der Waals surface area contributed by atoms with Crippen LogP contribution in [0.1, 0.15) is 29.4 Å². The van der Waals surface area contributed by atoms with E-state index in [0.717, 1.165) is 41.1 Å². The number of imidazole rings is 1. The van der Waals surface area contributed by atoms with Crippen molar-refractivity contribution in [1.82, 2.24) is 14.5 Å². The van der Waals surface area contributed by atoms with E-state index in [0.29, 0.717) is 17.1 Å². The maximum absolute atomic E-state index is 11.8. The number of carbonyl (C=O) groups excluding carboxylic acids is 1. The quantitative estimate of drug-likeness (QED) is 0.390. The van der Waals surface area contributed by atoms with E-state index in [-0.39, 0.29) is 6.42 Å². The lowest BCUT2D eigenvalue weighted by molar-refractivity contribution is -0.117. The van der Waals surface area contributed by atoms with Crippen molar-refractivity contribution < 1.29 is 14.3 Å². The molecule has 8 heteroatoms. The number of carbonyl (C=O) groups is 1. The summed E-state index contributed by atoms with van der Waals surface area (Å²) >= 11 is 0. The van der Waals surface area contributed by atoms with E-state index in [4.69, 9.17) is 15.2 Å². The first-order valence-electron chi connectivity index (χ1n) is 11.1. The van der Waals surface area contributed by atoms with Crippen molar-refractivity contribution in [1.29, 1.82) is 0 Å². The van der Waals surface area contributed by atoms with Crippen LogP contribution < -0.4 is 20.5 Å². The number of methoxy groups -OCH3 is 2. The third-order valence-corrected chi connectivity index (χ3v) is 5.97. The van der Waals surface area contributed by atoms with Gasteiger partial charge >= 0.3 is 0 Å². The Kier molecular flexibility index (Phi) is 6.67. The van der Waals surface area contributed by atoms with Crippen molar-refractivity contribution in [3.8, 4) is 11.5 Å². The topological polar surface area (TPSA) is 104 Å². The monoisotopic (exact) mass is 459 g/mol. The lowest BCUT2D eigenvalue weighted by Gasteiger charge is -2.20. The van der Waals surface area contributed by atoms with E-state index in [1.54, 1.807) is 20.4 Å². The van der Waals surface area contributed by atoms with Gasteiger partial charge < -0.3 is 25.1 Å². The van der Waals surface area contributed by atoms with Gasteiger partial charge in [0.05, 0.1) is 31.8 Å². The third kappa shape index (κ3) is 4.52. The fraction of sp³-hybridized carbons (Fsp3) is 0.269. The summed E-state index contributed by atoms with van der Waals surface area (Å²) in [5.41, 5.74) is 11.1. The van der Waals surface area contributed by atoms with E-state index >= 15 is 0 Å². The van der Waals surface area contributed by atoms with Crippen LogP contribution in [-0.2, 0) is 24.2 Å². The van der Waals surface area contributed by atoms with E-state index < -0.39 is 5.91 Å². The van der Waals surface area contributed by atoms with Gasteiger partial charge in [-0.05, 0) is 36.6 Å². The molecule has 0 fully saturated rings. The summed E-state index contributed by atoms with van der Waals surface area (Å²) in [7, 11) is 3.18. The number of benzene rings is 2. The predicted octanol–water partition coefficient (Wildman–Crippen LogP) is 4.14. The Morgan fingerprint density at radius 3 is 2.53 bits per heavy atom. The highest BCUT2D eigenvalue weighted by molar-refractivity contribution is 5.98. The largest absolute Gasteiger partial charge is 0.493 e. The van der Waals surface area contributed by atoms with Crippen LogP contribution in [0.15, 0.2) is 48.9 Å². The molecule has 0 unspecified atom stereocenters.